The molecule has 0 atom stereocenters. The summed E-state index contributed by atoms with van der Waals surface area (Å²) in [5.41, 5.74) is 0. The summed E-state index contributed by atoms with van der Waals surface area (Å²) >= 11 is -3.11. The van der Waals surface area contributed by atoms with Gasteiger partial charge in [0.25, 0.3) is 0 Å². The minimum atomic E-state index is -3.11. The molecule has 0 radical (unpaired) electrons. The molecular formula is Na4O3SSe. The molecule has 3 nitrogen and oxygen atoms in total. The standard InChI is InChI=1S/4Na.H2O3S.Se/c;;;;1-4(2)3;/h;;;;(H2,1,2,3);/q4*+1;;-2/p-2. The first-order chi connectivity index (χ1) is 1.73. The zero-order valence-corrected chi connectivity index (χ0v) is 16.6. The minimum Gasteiger partial charge on any atom is -2.00 e. The predicted octanol–water partition coefficient (Wildman–Crippen LogP) is -13.4. The van der Waals surface area contributed by atoms with E-state index < -0.39 is 11.4 Å². The van der Waals surface area contributed by atoms with Crippen molar-refractivity contribution < 1.29 is 132 Å². The van der Waals surface area contributed by atoms with Gasteiger partial charge < -0.3 is 26.2 Å². The average molecular weight is 251 g/mol. The molecule has 0 heterocycles. The van der Waals surface area contributed by atoms with E-state index >= 15 is 0 Å². The van der Waals surface area contributed by atoms with Gasteiger partial charge in [-0.3, -0.25) is 4.21 Å². The summed E-state index contributed by atoms with van der Waals surface area (Å²) in [6.45, 7) is 0. The first-order valence-electron chi connectivity index (χ1n) is 0.500. The van der Waals surface area contributed by atoms with Crippen molar-refractivity contribution in [2.45, 2.75) is 0 Å². The third-order valence-electron chi connectivity index (χ3n) is 0. The molecule has 0 aliphatic carbocycles. The van der Waals surface area contributed by atoms with Crippen LogP contribution in [-0.4, -0.2) is 30.4 Å². The first kappa shape index (κ1) is 37.4. The van der Waals surface area contributed by atoms with Gasteiger partial charge in [-0.1, -0.05) is 0 Å². The quantitative estimate of drug-likeness (QED) is 0.317. The van der Waals surface area contributed by atoms with Crippen molar-refractivity contribution in [2.75, 3.05) is 0 Å². The maximum atomic E-state index is 8.44. The molecule has 0 saturated heterocycles. The Morgan fingerprint density at radius 3 is 0.889 bits per heavy atom. The maximum Gasteiger partial charge on any atom is 1.00 e. The van der Waals surface area contributed by atoms with Gasteiger partial charge in [-0.2, -0.15) is 0 Å². The summed E-state index contributed by atoms with van der Waals surface area (Å²) in [5.74, 6) is 0. The smallest absolute Gasteiger partial charge is 1.00 e. The van der Waals surface area contributed by atoms with Crippen LogP contribution in [0.5, 0.6) is 0 Å². The van der Waals surface area contributed by atoms with Crippen molar-refractivity contribution in [2.24, 2.45) is 0 Å². The van der Waals surface area contributed by atoms with Crippen LogP contribution in [0.2, 0.25) is 0 Å². The SMILES string of the molecule is O=S([O-])[O-].[Na+].[Na+].[Na+].[Na+].[Se-2]. The second-order valence-corrected chi connectivity index (χ2v) is 0.612. The molecule has 0 rings (SSSR count). The van der Waals surface area contributed by atoms with Gasteiger partial charge in [-0.05, 0) is 0 Å². The fourth-order valence-electron chi connectivity index (χ4n) is 0. The molecule has 0 aliphatic rings. The zero-order valence-electron chi connectivity index (χ0n) is 6.04. The van der Waals surface area contributed by atoms with Crippen LogP contribution < -0.4 is 118 Å². The van der Waals surface area contributed by atoms with E-state index in [1.54, 1.807) is 0 Å². The minimum absolute atomic E-state index is 0. The Kier molecular flexibility index (Phi) is 122. The van der Waals surface area contributed by atoms with E-state index in [9.17, 15) is 0 Å². The van der Waals surface area contributed by atoms with Crippen molar-refractivity contribution in [3.8, 4) is 0 Å². The van der Waals surface area contributed by atoms with E-state index in [0.717, 1.165) is 0 Å². The van der Waals surface area contributed by atoms with Gasteiger partial charge in [-0.15, -0.1) is 11.4 Å². The molecule has 0 aromatic rings. The molecule has 34 valence electrons. The summed E-state index contributed by atoms with van der Waals surface area (Å²) in [7, 11) is 0. The second kappa shape index (κ2) is 29.4. The molecule has 0 spiro atoms. The first-order valence-corrected chi connectivity index (χ1v) is 1.50. The Hall–Kier alpha value is 4.59. The Bertz CT molecular complexity index is 38.8. The van der Waals surface area contributed by atoms with Gasteiger partial charge in [-0.25, -0.2) is 0 Å². The summed E-state index contributed by atoms with van der Waals surface area (Å²) in [5, 5.41) is 0. The summed E-state index contributed by atoms with van der Waals surface area (Å²) < 4.78 is 25.3. The number of rotatable bonds is 0. The molecule has 0 saturated carbocycles. The molecule has 0 amide bonds. The van der Waals surface area contributed by atoms with Crippen LogP contribution in [0, 0.1) is 0 Å². The second-order valence-electron chi connectivity index (χ2n) is 0.204. The normalized spacial score (nSPS) is 3.89. The molecule has 0 aromatic carbocycles. The Morgan fingerprint density at radius 2 is 0.889 bits per heavy atom. The van der Waals surface area contributed by atoms with E-state index in [0.29, 0.717) is 0 Å². The molecule has 0 fully saturated rings. The van der Waals surface area contributed by atoms with E-state index in [-0.39, 0.29) is 135 Å². The van der Waals surface area contributed by atoms with E-state index in [1.165, 1.54) is 0 Å². The van der Waals surface area contributed by atoms with E-state index in [1.807, 2.05) is 0 Å². The largest absolute Gasteiger partial charge is 2.00 e. The van der Waals surface area contributed by atoms with E-state index in [4.69, 9.17) is 13.3 Å². The van der Waals surface area contributed by atoms with Crippen LogP contribution in [0.3, 0.4) is 0 Å². The Balaban J connectivity index is -0.00000000450. The van der Waals surface area contributed by atoms with Crippen molar-refractivity contribution in [3.63, 3.8) is 0 Å². The number of hydrogen-bond acceptors (Lipinski definition) is 3. The van der Waals surface area contributed by atoms with Gasteiger partial charge >= 0.3 is 118 Å². The summed E-state index contributed by atoms with van der Waals surface area (Å²) in [6.07, 6.45) is 0. The predicted molar refractivity (Wildman–Crippen MR) is 15.5 cm³/mol. The molecule has 0 aliphatic heterocycles. The van der Waals surface area contributed by atoms with Crippen molar-refractivity contribution >= 4 is 28.4 Å². The summed E-state index contributed by atoms with van der Waals surface area (Å²) in [4.78, 5) is 0. The topological polar surface area (TPSA) is 63.2 Å². The van der Waals surface area contributed by atoms with Crippen molar-refractivity contribution in [1.29, 1.82) is 0 Å². The van der Waals surface area contributed by atoms with E-state index in [2.05, 4.69) is 0 Å². The van der Waals surface area contributed by atoms with Crippen LogP contribution >= 0.6 is 0 Å². The van der Waals surface area contributed by atoms with Gasteiger partial charge in [0.05, 0.1) is 0 Å². The molecule has 0 bridgehead atoms. The number of hydrogen-bond donors (Lipinski definition) is 0. The fraction of sp³-hybridized carbons (Fsp3) is 0. The van der Waals surface area contributed by atoms with Gasteiger partial charge in [0.15, 0.2) is 0 Å². The zero-order chi connectivity index (χ0) is 3.58. The third kappa shape index (κ3) is 67.0. The van der Waals surface area contributed by atoms with Gasteiger partial charge in [0.2, 0.25) is 0 Å². The molecule has 9 heteroatoms. The van der Waals surface area contributed by atoms with Gasteiger partial charge in [0, 0.05) is 0 Å². The van der Waals surface area contributed by atoms with Crippen LogP contribution in [0.15, 0.2) is 0 Å². The van der Waals surface area contributed by atoms with Crippen molar-refractivity contribution in [3.05, 3.63) is 0 Å². The van der Waals surface area contributed by atoms with Gasteiger partial charge in [0.1, 0.15) is 0 Å². The molecule has 0 aromatic heterocycles. The molecule has 9 heavy (non-hydrogen) atoms. The third-order valence-corrected chi connectivity index (χ3v) is 0. The van der Waals surface area contributed by atoms with Crippen LogP contribution in [0.1, 0.15) is 0 Å². The Labute approximate surface area is 156 Å². The van der Waals surface area contributed by atoms with Crippen molar-refractivity contribution in [1.82, 2.24) is 0 Å². The fourth-order valence-corrected chi connectivity index (χ4v) is 0. The van der Waals surface area contributed by atoms with Crippen LogP contribution in [-0.2, 0) is 11.4 Å². The maximum absolute atomic E-state index is 8.44. The Morgan fingerprint density at radius 1 is 0.889 bits per heavy atom. The molecule has 0 N–H and O–H groups in total. The van der Waals surface area contributed by atoms with Crippen LogP contribution in [0.25, 0.3) is 0 Å². The average Bonchev–Trinajstić information content (AvgIpc) is 0.811. The monoisotopic (exact) mass is 252 g/mol. The molecule has 0 unspecified atom stereocenters. The summed E-state index contributed by atoms with van der Waals surface area (Å²) in [6, 6.07) is 0. The molecular weight excluding hydrogens is 251 g/mol. The van der Waals surface area contributed by atoms with Crippen LogP contribution in [0.4, 0.5) is 0 Å².